The average Bonchev–Trinajstić information content (AvgIpc) is 2.74. The van der Waals surface area contributed by atoms with Gasteiger partial charge in [0.1, 0.15) is 0 Å². The van der Waals surface area contributed by atoms with Gasteiger partial charge in [-0.25, -0.2) is 0 Å². The number of hydrogen-bond acceptors (Lipinski definition) is 0. The molecule has 0 spiro atoms. The molecule has 0 unspecified atom stereocenters. The molecule has 15 heavy (non-hydrogen) atoms. The first-order valence-corrected chi connectivity index (χ1v) is 5.07. The van der Waals surface area contributed by atoms with Crippen molar-refractivity contribution in [3.05, 3.63) is 60.7 Å². The van der Waals surface area contributed by atoms with Gasteiger partial charge in [0, 0.05) is 16.6 Å². The number of rotatable bonds is 1. The molecule has 0 bridgehead atoms. The molecular weight excluding hydrogens is 183 g/mol. The molecule has 0 fully saturated rings. The Morgan fingerprint density at radius 2 is 1.47 bits per heavy atom. The van der Waals surface area contributed by atoms with Crippen molar-refractivity contribution in [3.63, 3.8) is 0 Å². The van der Waals surface area contributed by atoms with Crippen molar-refractivity contribution in [1.82, 2.24) is 4.98 Å². The van der Waals surface area contributed by atoms with Gasteiger partial charge in [0.25, 0.3) is 0 Å². The minimum atomic E-state index is 1.18. The van der Waals surface area contributed by atoms with Crippen LogP contribution in [0.5, 0.6) is 0 Å². The second-order valence-electron chi connectivity index (χ2n) is 3.64. The monoisotopic (exact) mass is 194 g/mol. The number of nitrogens with one attached hydrogen (secondary N) is 1. The van der Waals surface area contributed by atoms with E-state index in [1.165, 1.54) is 22.2 Å². The second-order valence-corrected chi connectivity index (χ2v) is 3.64. The molecule has 1 aromatic heterocycles. The standard InChI is InChI=1S/C14H11N/c1-2-6-11(7-3-1)14-10-12-8-4-5-9-13(12)15-14/h1-10,15H/i14+1. The van der Waals surface area contributed by atoms with Crippen LogP contribution in [0.25, 0.3) is 22.2 Å². The van der Waals surface area contributed by atoms with Crippen molar-refractivity contribution >= 4 is 10.9 Å². The molecule has 0 atom stereocenters. The SMILES string of the molecule is c1ccc(-[13c]2cc3ccccc3[nH]2)cc1. The zero-order valence-electron chi connectivity index (χ0n) is 8.27. The van der Waals surface area contributed by atoms with Crippen LogP contribution < -0.4 is 0 Å². The fourth-order valence-electron chi connectivity index (χ4n) is 1.85. The van der Waals surface area contributed by atoms with E-state index in [9.17, 15) is 0 Å². The Hall–Kier alpha value is -2.02. The summed E-state index contributed by atoms with van der Waals surface area (Å²) in [4.78, 5) is 3.41. The fraction of sp³-hybridized carbons (Fsp3) is 0. The maximum Gasteiger partial charge on any atom is 0.0464 e. The summed E-state index contributed by atoms with van der Waals surface area (Å²) in [6.45, 7) is 0. The van der Waals surface area contributed by atoms with Gasteiger partial charge in [-0.1, -0.05) is 48.5 Å². The third kappa shape index (κ3) is 1.42. The van der Waals surface area contributed by atoms with Crippen molar-refractivity contribution in [2.45, 2.75) is 0 Å². The molecule has 1 N–H and O–H groups in total. The number of H-pyrrole nitrogens is 1. The van der Waals surface area contributed by atoms with Crippen molar-refractivity contribution in [3.8, 4) is 11.3 Å². The summed E-state index contributed by atoms with van der Waals surface area (Å²) in [5, 5.41) is 1.26. The lowest BCUT2D eigenvalue weighted by Crippen LogP contribution is -1.74. The third-order valence-corrected chi connectivity index (χ3v) is 2.61. The largest absolute Gasteiger partial charge is 0.355 e. The van der Waals surface area contributed by atoms with Gasteiger partial charge >= 0.3 is 0 Å². The van der Waals surface area contributed by atoms with Gasteiger partial charge in [-0.15, -0.1) is 0 Å². The maximum atomic E-state index is 3.41. The molecule has 2 aromatic carbocycles. The van der Waals surface area contributed by atoms with E-state index in [2.05, 4.69) is 53.5 Å². The van der Waals surface area contributed by atoms with Crippen LogP contribution in [0.15, 0.2) is 60.7 Å². The molecule has 3 rings (SSSR count). The average molecular weight is 194 g/mol. The van der Waals surface area contributed by atoms with Gasteiger partial charge in [0.15, 0.2) is 0 Å². The molecule has 0 aliphatic rings. The fourth-order valence-corrected chi connectivity index (χ4v) is 1.85. The van der Waals surface area contributed by atoms with Crippen LogP contribution >= 0.6 is 0 Å². The van der Waals surface area contributed by atoms with Crippen LogP contribution in [0.1, 0.15) is 0 Å². The number of para-hydroxylation sites is 1. The smallest absolute Gasteiger partial charge is 0.0464 e. The van der Waals surface area contributed by atoms with Crippen LogP contribution in [-0.2, 0) is 0 Å². The van der Waals surface area contributed by atoms with E-state index in [-0.39, 0.29) is 0 Å². The highest BCUT2D eigenvalue weighted by Crippen LogP contribution is 2.23. The molecule has 0 saturated carbocycles. The maximum absolute atomic E-state index is 3.41. The van der Waals surface area contributed by atoms with Crippen molar-refractivity contribution < 1.29 is 0 Å². The molecule has 1 nitrogen and oxygen atoms in total. The highest BCUT2D eigenvalue weighted by Gasteiger charge is 2.00. The van der Waals surface area contributed by atoms with Gasteiger partial charge in [0.05, 0.1) is 0 Å². The molecule has 1 heterocycles. The van der Waals surface area contributed by atoms with Gasteiger partial charge in [-0.3, -0.25) is 0 Å². The summed E-state index contributed by atoms with van der Waals surface area (Å²) in [5.74, 6) is 0. The highest BCUT2D eigenvalue weighted by molar-refractivity contribution is 5.85. The highest BCUT2D eigenvalue weighted by atomic mass is 14.9. The van der Waals surface area contributed by atoms with Gasteiger partial charge < -0.3 is 4.98 Å². The Morgan fingerprint density at radius 1 is 0.733 bits per heavy atom. The zero-order chi connectivity index (χ0) is 10.1. The Bertz CT molecular complexity index is 545. The summed E-state index contributed by atoms with van der Waals surface area (Å²) >= 11 is 0. The van der Waals surface area contributed by atoms with Crippen LogP contribution in [0.3, 0.4) is 0 Å². The van der Waals surface area contributed by atoms with E-state index in [0.29, 0.717) is 0 Å². The summed E-state index contributed by atoms with van der Waals surface area (Å²) in [7, 11) is 0. The number of hydrogen-bond donors (Lipinski definition) is 1. The first-order chi connectivity index (χ1) is 7.43. The predicted molar refractivity (Wildman–Crippen MR) is 63.7 cm³/mol. The quantitative estimate of drug-likeness (QED) is 0.606. The second kappa shape index (κ2) is 3.28. The van der Waals surface area contributed by atoms with E-state index in [1.807, 2.05) is 12.1 Å². The van der Waals surface area contributed by atoms with Crippen LogP contribution in [0, 0.1) is 0 Å². The van der Waals surface area contributed by atoms with E-state index < -0.39 is 0 Å². The van der Waals surface area contributed by atoms with Gasteiger partial charge in [-0.2, -0.15) is 0 Å². The Morgan fingerprint density at radius 3 is 2.27 bits per heavy atom. The molecule has 3 aromatic rings. The lowest BCUT2D eigenvalue weighted by atomic mass is 10.2. The Balaban J connectivity index is 2.21. The predicted octanol–water partition coefficient (Wildman–Crippen LogP) is 3.83. The van der Waals surface area contributed by atoms with Crippen molar-refractivity contribution in [2.24, 2.45) is 0 Å². The van der Waals surface area contributed by atoms with E-state index in [0.717, 1.165) is 0 Å². The van der Waals surface area contributed by atoms with Crippen LogP contribution in [0.4, 0.5) is 0 Å². The minimum Gasteiger partial charge on any atom is -0.355 e. The molecule has 0 saturated heterocycles. The molecule has 0 radical (unpaired) electrons. The molecule has 0 aliphatic carbocycles. The Labute approximate surface area is 88.4 Å². The van der Waals surface area contributed by atoms with E-state index in [4.69, 9.17) is 0 Å². The molecular formula is C14H11N. The normalized spacial score (nSPS) is 10.7. The zero-order valence-corrected chi connectivity index (χ0v) is 8.27. The first-order valence-electron chi connectivity index (χ1n) is 5.07. The molecule has 0 amide bonds. The first kappa shape index (κ1) is 8.30. The van der Waals surface area contributed by atoms with Crippen LogP contribution in [0.2, 0.25) is 0 Å². The molecule has 0 aliphatic heterocycles. The summed E-state index contributed by atoms with van der Waals surface area (Å²) in [6.07, 6.45) is 0. The third-order valence-electron chi connectivity index (χ3n) is 2.61. The molecule has 72 valence electrons. The minimum absolute atomic E-state index is 1.18. The number of fused-ring (bicyclic) bond motifs is 1. The molecule has 1 heteroatoms. The summed E-state index contributed by atoms with van der Waals surface area (Å²) in [6, 6.07) is 20.9. The topological polar surface area (TPSA) is 15.8 Å². The van der Waals surface area contributed by atoms with Crippen LogP contribution in [-0.4, -0.2) is 4.98 Å². The Kier molecular flexibility index (Phi) is 1.82. The lowest BCUT2D eigenvalue weighted by molar-refractivity contribution is 1.45. The van der Waals surface area contributed by atoms with Crippen molar-refractivity contribution in [2.75, 3.05) is 0 Å². The number of aromatic nitrogens is 1. The number of aromatic amines is 1. The number of benzene rings is 2. The lowest BCUT2D eigenvalue weighted by Gasteiger charge is -1.94. The summed E-state index contributed by atoms with van der Waals surface area (Å²) in [5.41, 5.74) is 3.60. The van der Waals surface area contributed by atoms with Crippen molar-refractivity contribution in [1.29, 1.82) is 0 Å². The van der Waals surface area contributed by atoms with E-state index in [1.54, 1.807) is 0 Å². The summed E-state index contributed by atoms with van der Waals surface area (Å²) < 4.78 is 0. The van der Waals surface area contributed by atoms with Gasteiger partial charge in [-0.05, 0) is 17.7 Å². The van der Waals surface area contributed by atoms with E-state index >= 15 is 0 Å². The van der Waals surface area contributed by atoms with Gasteiger partial charge in [0.2, 0.25) is 0 Å².